The van der Waals surface area contributed by atoms with Gasteiger partial charge in [0, 0.05) is 39.4 Å². The van der Waals surface area contributed by atoms with Gasteiger partial charge in [0.2, 0.25) is 0 Å². The fraction of sp³-hybridized carbons (Fsp3) is 0.548. The van der Waals surface area contributed by atoms with Crippen LogP contribution in [0.5, 0.6) is 0 Å². The van der Waals surface area contributed by atoms with Gasteiger partial charge in [0.15, 0.2) is 0 Å². The summed E-state index contributed by atoms with van der Waals surface area (Å²) in [5.74, 6) is 1.93. The standard InChI is InChI=1S/C62H79BN2O/c1-36(2)38-30-49-52-50(31-38)65(40-19-21-42-44(33-40)59(10,11)27-25-57(42,6)7)53-51-37(3)22-23-62(16,17)54(51)66-55(53)63(52)47-34-45-46(61(14,15)29-28-60(45,12)13)35-48(47)64(49)39-18-20-41-43(32-39)58(8,9)26-24-56(41,4)5/h18-21,30-37H,22-29H2,1-17H3. The van der Waals surface area contributed by atoms with E-state index >= 15 is 0 Å². The Hall–Kier alpha value is -4.18. The molecular formula is C62H79BN2O. The third-order valence-electron chi connectivity index (χ3n) is 19.1. The Morgan fingerprint density at radius 1 is 0.500 bits per heavy atom. The van der Waals surface area contributed by atoms with Crippen molar-refractivity contribution in [1.29, 1.82) is 0 Å². The average molecular weight is 879 g/mol. The van der Waals surface area contributed by atoms with E-state index in [0.717, 1.165) is 18.5 Å². The minimum absolute atomic E-state index is 0.0468. The first-order valence-electron chi connectivity index (χ1n) is 26.1. The van der Waals surface area contributed by atoms with Gasteiger partial charge in [-0.2, -0.15) is 0 Å². The number of rotatable bonds is 3. The highest BCUT2D eigenvalue weighted by atomic mass is 16.3. The highest BCUT2D eigenvalue weighted by Crippen LogP contribution is 2.57. The van der Waals surface area contributed by atoms with Crippen molar-refractivity contribution in [3.8, 4) is 0 Å². The third kappa shape index (κ3) is 6.19. The quantitative estimate of drug-likeness (QED) is 0.165. The molecule has 6 aliphatic rings. The summed E-state index contributed by atoms with van der Waals surface area (Å²) < 4.78 is 7.78. The summed E-state index contributed by atoms with van der Waals surface area (Å²) in [4.78, 5) is 5.45. The van der Waals surface area contributed by atoms with E-state index in [9.17, 15) is 0 Å². The average Bonchev–Trinajstić information content (AvgIpc) is 3.66. The van der Waals surface area contributed by atoms with Gasteiger partial charge < -0.3 is 14.2 Å². The topological polar surface area (TPSA) is 19.6 Å². The first-order valence-corrected chi connectivity index (χ1v) is 26.1. The van der Waals surface area contributed by atoms with Crippen molar-refractivity contribution in [3.63, 3.8) is 0 Å². The monoisotopic (exact) mass is 879 g/mol. The van der Waals surface area contributed by atoms with Crippen LogP contribution in [0.15, 0.2) is 65.1 Å². The van der Waals surface area contributed by atoms with Gasteiger partial charge in [-0.25, -0.2) is 0 Å². The van der Waals surface area contributed by atoms with Gasteiger partial charge in [-0.15, -0.1) is 0 Å². The van der Waals surface area contributed by atoms with Crippen molar-refractivity contribution in [2.75, 3.05) is 9.80 Å². The number of fused-ring (bicyclic) bond motifs is 9. The zero-order chi connectivity index (χ0) is 47.2. The van der Waals surface area contributed by atoms with E-state index in [0.29, 0.717) is 11.8 Å². The van der Waals surface area contributed by atoms with Crippen LogP contribution in [-0.4, -0.2) is 6.71 Å². The molecule has 0 spiro atoms. The Balaban J connectivity index is 1.28. The molecule has 1 aromatic heterocycles. The highest BCUT2D eigenvalue weighted by molar-refractivity contribution is 6.99. The molecule has 66 heavy (non-hydrogen) atoms. The zero-order valence-corrected chi connectivity index (χ0v) is 44.0. The maximum absolute atomic E-state index is 7.78. The van der Waals surface area contributed by atoms with Crippen LogP contribution in [0, 0.1) is 0 Å². The lowest BCUT2D eigenvalue weighted by atomic mass is 9.35. The van der Waals surface area contributed by atoms with E-state index in [-0.39, 0.29) is 44.6 Å². The molecular weight excluding hydrogens is 800 g/mol. The number of hydrogen-bond acceptors (Lipinski definition) is 3. The molecule has 5 aromatic rings. The van der Waals surface area contributed by atoms with Gasteiger partial charge in [0.1, 0.15) is 5.76 Å². The summed E-state index contributed by atoms with van der Waals surface area (Å²) in [6, 6.07) is 25.7. The van der Waals surface area contributed by atoms with Crippen molar-refractivity contribution in [3.05, 3.63) is 111 Å². The van der Waals surface area contributed by atoms with E-state index in [1.54, 1.807) is 0 Å². The summed E-state index contributed by atoms with van der Waals surface area (Å²) in [6.45, 7) is 41.8. The van der Waals surface area contributed by atoms with E-state index in [1.807, 2.05) is 0 Å². The maximum Gasteiger partial charge on any atom is 0.297 e. The van der Waals surface area contributed by atoms with Gasteiger partial charge in [0.05, 0.1) is 11.3 Å². The molecule has 11 rings (SSSR count). The molecule has 3 heterocycles. The lowest BCUT2D eigenvalue weighted by molar-refractivity contribution is 0.325. The van der Waals surface area contributed by atoms with E-state index in [2.05, 4.69) is 188 Å². The molecule has 0 bridgehead atoms. The van der Waals surface area contributed by atoms with E-state index in [1.165, 1.54) is 134 Å². The first kappa shape index (κ1) is 44.3. The summed E-state index contributed by atoms with van der Waals surface area (Å²) in [6.07, 6.45) is 9.44. The van der Waals surface area contributed by atoms with Crippen LogP contribution in [0.1, 0.15) is 231 Å². The molecule has 0 saturated heterocycles. The summed E-state index contributed by atoms with van der Waals surface area (Å²) in [5.41, 5.74) is 24.1. The number of benzene rings is 4. The van der Waals surface area contributed by atoms with Crippen LogP contribution in [0.3, 0.4) is 0 Å². The molecule has 0 saturated carbocycles. The molecule has 1 atom stereocenters. The number of furan rings is 1. The van der Waals surface area contributed by atoms with Crippen molar-refractivity contribution in [2.24, 2.45) is 0 Å². The Morgan fingerprint density at radius 2 is 0.939 bits per heavy atom. The number of nitrogens with zero attached hydrogens (tertiary/aromatic N) is 2. The van der Waals surface area contributed by atoms with Crippen LogP contribution in [0.2, 0.25) is 0 Å². The second-order valence-corrected chi connectivity index (χ2v) is 27.3. The largest absolute Gasteiger partial charge is 0.472 e. The van der Waals surface area contributed by atoms with Crippen molar-refractivity contribution in [2.45, 2.75) is 219 Å². The smallest absolute Gasteiger partial charge is 0.297 e. The number of anilines is 6. The fourth-order valence-electron chi connectivity index (χ4n) is 14.0. The predicted molar refractivity (Wildman–Crippen MR) is 283 cm³/mol. The molecule has 4 aliphatic carbocycles. The summed E-state index contributed by atoms with van der Waals surface area (Å²) >= 11 is 0. The Bertz CT molecular complexity index is 2870. The minimum atomic E-state index is -0.0695. The van der Waals surface area contributed by atoms with Gasteiger partial charge >= 0.3 is 0 Å². The van der Waals surface area contributed by atoms with Crippen LogP contribution in [0.4, 0.5) is 34.1 Å². The molecule has 4 aromatic carbocycles. The normalized spacial score (nSPS) is 23.8. The third-order valence-corrected chi connectivity index (χ3v) is 19.1. The van der Waals surface area contributed by atoms with Crippen LogP contribution in [-0.2, 0) is 37.9 Å². The maximum atomic E-state index is 7.78. The molecule has 0 N–H and O–H groups in total. The Morgan fingerprint density at radius 3 is 1.44 bits per heavy atom. The molecule has 346 valence electrons. The Labute approximate surface area is 399 Å². The second kappa shape index (κ2) is 13.8. The fourth-order valence-corrected chi connectivity index (χ4v) is 14.0. The van der Waals surface area contributed by atoms with Crippen LogP contribution < -0.4 is 26.4 Å². The van der Waals surface area contributed by atoms with Crippen molar-refractivity contribution < 1.29 is 4.42 Å². The van der Waals surface area contributed by atoms with Crippen molar-refractivity contribution in [1.82, 2.24) is 0 Å². The molecule has 0 fully saturated rings. The summed E-state index contributed by atoms with van der Waals surface area (Å²) in [5, 5.41) is 0. The van der Waals surface area contributed by atoms with Crippen molar-refractivity contribution >= 4 is 57.4 Å². The van der Waals surface area contributed by atoms with Gasteiger partial charge in [-0.05, 0) is 188 Å². The van der Waals surface area contributed by atoms with Crippen LogP contribution in [0.25, 0.3) is 0 Å². The summed E-state index contributed by atoms with van der Waals surface area (Å²) in [7, 11) is 0. The van der Waals surface area contributed by atoms with Gasteiger partial charge in [0.25, 0.3) is 6.71 Å². The molecule has 2 aliphatic heterocycles. The van der Waals surface area contributed by atoms with Crippen LogP contribution >= 0.6 is 0 Å². The Kier molecular flexibility index (Phi) is 9.24. The lowest BCUT2D eigenvalue weighted by Crippen LogP contribution is -2.61. The molecule has 1 unspecified atom stereocenters. The highest BCUT2D eigenvalue weighted by Gasteiger charge is 2.52. The molecule has 0 radical (unpaired) electrons. The zero-order valence-electron chi connectivity index (χ0n) is 44.0. The predicted octanol–water partition coefficient (Wildman–Crippen LogP) is 15.7. The molecule has 3 nitrogen and oxygen atoms in total. The molecule has 0 amide bonds. The van der Waals surface area contributed by atoms with Gasteiger partial charge in [-0.3, -0.25) is 0 Å². The first-order chi connectivity index (χ1) is 30.7. The second-order valence-electron chi connectivity index (χ2n) is 27.3. The minimum Gasteiger partial charge on any atom is -0.472 e. The SMILES string of the molecule is CC(C)c1cc2c3c(c1)N(c1ccc4c(c1)C(C)(C)CCC4(C)C)c1c(oc4c1C(C)CCC4(C)C)B3c1cc3c(cc1N2c1ccc2c(c1)C(C)(C)CCC2(C)C)C(C)(C)CCC3(C)C. The van der Waals surface area contributed by atoms with E-state index < -0.39 is 0 Å². The number of hydrogen-bond donors (Lipinski definition) is 0. The molecule has 4 heteroatoms. The lowest BCUT2D eigenvalue weighted by Gasteiger charge is -2.47. The van der Waals surface area contributed by atoms with Gasteiger partial charge in [-0.1, -0.05) is 136 Å². The van der Waals surface area contributed by atoms with E-state index in [4.69, 9.17) is 4.42 Å².